The molecule has 2 rings (SSSR count). The SMILES string of the molecule is CC1(C)COCCN1S(=O)(=O)c1ccc(CCCO)cc1. The molecule has 118 valence electrons. The molecular weight excluding hydrogens is 290 g/mol. The van der Waals surface area contributed by atoms with Gasteiger partial charge >= 0.3 is 0 Å². The second-order valence-electron chi connectivity index (χ2n) is 5.91. The molecule has 0 atom stereocenters. The number of hydrogen-bond acceptors (Lipinski definition) is 4. The van der Waals surface area contributed by atoms with Crippen molar-refractivity contribution in [3.63, 3.8) is 0 Å². The van der Waals surface area contributed by atoms with E-state index in [1.807, 2.05) is 26.0 Å². The lowest BCUT2D eigenvalue weighted by atomic mass is 10.1. The number of sulfonamides is 1. The summed E-state index contributed by atoms with van der Waals surface area (Å²) in [6.45, 7) is 5.10. The van der Waals surface area contributed by atoms with Crippen LogP contribution in [-0.4, -0.2) is 49.7 Å². The number of aliphatic hydroxyl groups excluding tert-OH is 1. The van der Waals surface area contributed by atoms with Crippen LogP contribution in [-0.2, 0) is 21.2 Å². The summed E-state index contributed by atoms with van der Waals surface area (Å²) in [6.07, 6.45) is 1.43. The minimum atomic E-state index is -3.50. The molecule has 0 radical (unpaired) electrons. The average Bonchev–Trinajstić information content (AvgIpc) is 2.44. The Kier molecular flexibility index (Phi) is 5.03. The lowest BCUT2D eigenvalue weighted by Gasteiger charge is -2.40. The van der Waals surface area contributed by atoms with Gasteiger partial charge in [-0.25, -0.2) is 8.42 Å². The lowest BCUT2D eigenvalue weighted by Crippen LogP contribution is -2.55. The van der Waals surface area contributed by atoms with Crippen molar-refractivity contribution in [2.45, 2.75) is 37.1 Å². The van der Waals surface area contributed by atoms with E-state index >= 15 is 0 Å². The minimum Gasteiger partial charge on any atom is -0.396 e. The number of morpholine rings is 1. The maximum atomic E-state index is 12.8. The van der Waals surface area contributed by atoms with Crippen molar-refractivity contribution in [3.05, 3.63) is 29.8 Å². The quantitative estimate of drug-likeness (QED) is 0.892. The molecule has 0 bridgehead atoms. The van der Waals surface area contributed by atoms with Gasteiger partial charge in [0, 0.05) is 13.2 Å². The Morgan fingerprint density at radius 1 is 1.29 bits per heavy atom. The Hall–Kier alpha value is -0.950. The summed E-state index contributed by atoms with van der Waals surface area (Å²) in [5.74, 6) is 0. The molecule has 1 saturated heterocycles. The number of benzene rings is 1. The highest BCUT2D eigenvalue weighted by atomic mass is 32.2. The van der Waals surface area contributed by atoms with Gasteiger partial charge in [-0.15, -0.1) is 0 Å². The minimum absolute atomic E-state index is 0.141. The zero-order valence-corrected chi connectivity index (χ0v) is 13.4. The Morgan fingerprint density at radius 2 is 1.95 bits per heavy atom. The van der Waals surface area contributed by atoms with E-state index < -0.39 is 15.6 Å². The predicted molar refractivity (Wildman–Crippen MR) is 80.6 cm³/mol. The second kappa shape index (κ2) is 6.44. The van der Waals surface area contributed by atoms with Crippen molar-refractivity contribution in [1.82, 2.24) is 4.31 Å². The third-order valence-corrected chi connectivity index (χ3v) is 5.83. The van der Waals surface area contributed by atoms with Crippen molar-refractivity contribution < 1.29 is 18.3 Å². The number of aliphatic hydroxyl groups is 1. The van der Waals surface area contributed by atoms with Crippen molar-refractivity contribution >= 4 is 10.0 Å². The largest absolute Gasteiger partial charge is 0.396 e. The predicted octanol–water partition coefficient (Wildman–Crippen LogP) is 1.41. The molecule has 1 aromatic rings. The van der Waals surface area contributed by atoms with Crippen LogP contribution in [0.4, 0.5) is 0 Å². The standard InChI is InChI=1S/C15H23NO4S/c1-15(2)12-20-11-9-16(15)21(18,19)14-7-5-13(6-8-14)4-3-10-17/h5-8,17H,3-4,9-12H2,1-2H3. The maximum Gasteiger partial charge on any atom is 0.243 e. The van der Waals surface area contributed by atoms with Crippen LogP contribution >= 0.6 is 0 Å². The normalized spacial score (nSPS) is 19.6. The third-order valence-electron chi connectivity index (χ3n) is 3.70. The molecule has 5 nitrogen and oxygen atoms in total. The molecule has 1 N–H and O–H groups in total. The van der Waals surface area contributed by atoms with Crippen LogP contribution in [0.3, 0.4) is 0 Å². The van der Waals surface area contributed by atoms with Gasteiger partial charge in [0.2, 0.25) is 10.0 Å². The first kappa shape index (κ1) is 16.4. The molecule has 1 heterocycles. The van der Waals surface area contributed by atoms with E-state index in [4.69, 9.17) is 9.84 Å². The fourth-order valence-corrected chi connectivity index (χ4v) is 4.28. The van der Waals surface area contributed by atoms with Gasteiger partial charge in [0.1, 0.15) is 0 Å². The first-order valence-electron chi connectivity index (χ1n) is 7.18. The highest BCUT2D eigenvalue weighted by Crippen LogP contribution is 2.27. The Morgan fingerprint density at radius 3 is 2.52 bits per heavy atom. The number of nitrogens with zero attached hydrogens (tertiary/aromatic N) is 1. The van der Waals surface area contributed by atoms with Gasteiger partial charge in [0.05, 0.1) is 23.6 Å². The van der Waals surface area contributed by atoms with E-state index in [1.54, 1.807) is 12.1 Å². The van der Waals surface area contributed by atoms with Crippen LogP contribution in [0.15, 0.2) is 29.2 Å². The molecule has 1 fully saturated rings. The molecule has 0 aromatic heterocycles. The Balaban J connectivity index is 2.22. The summed E-state index contributed by atoms with van der Waals surface area (Å²) in [5.41, 5.74) is 0.497. The van der Waals surface area contributed by atoms with E-state index in [1.165, 1.54) is 4.31 Å². The molecule has 0 spiro atoms. The highest BCUT2D eigenvalue weighted by Gasteiger charge is 2.39. The van der Waals surface area contributed by atoms with E-state index in [9.17, 15) is 8.42 Å². The number of rotatable bonds is 5. The average molecular weight is 313 g/mol. The Bertz CT molecular complexity index is 566. The molecule has 0 unspecified atom stereocenters. The van der Waals surface area contributed by atoms with E-state index in [2.05, 4.69) is 0 Å². The van der Waals surface area contributed by atoms with Gasteiger partial charge in [-0.05, 0) is 44.4 Å². The second-order valence-corrected chi connectivity index (χ2v) is 7.78. The van der Waals surface area contributed by atoms with Crippen molar-refractivity contribution in [2.75, 3.05) is 26.4 Å². The molecule has 21 heavy (non-hydrogen) atoms. The fourth-order valence-electron chi connectivity index (χ4n) is 2.53. The summed E-state index contributed by atoms with van der Waals surface area (Å²) >= 11 is 0. The summed E-state index contributed by atoms with van der Waals surface area (Å²) in [7, 11) is -3.50. The van der Waals surface area contributed by atoms with Gasteiger partial charge in [-0.1, -0.05) is 12.1 Å². The Labute approximate surface area is 126 Å². The van der Waals surface area contributed by atoms with E-state index in [0.29, 0.717) is 31.1 Å². The molecule has 6 heteroatoms. The molecule has 0 saturated carbocycles. The van der Waals surface area contributed by atoms with Gasteiger partial charge in [0.15, 0.2) is 0 Å². The molecular formula is C15H23NO4S. The first-order valence-corrected chi connectivity index (χ1v) is 8.62. The molecule has 1 aromatic carbocycles. The monoisotopic (exact) mass is 313 g/mol. The summed E-state index contributed by atoms with van der Waals surface area (Å²) in [5, 5.41) is 8.82. The fraction of sp³-hybridized carbons (Fsp3) is 0.600. The molecule has 0 aliphatic carbocycles. The number of aryl methyl sites for hydroxylation is 1. The van der Waals surface area contributed by atoms with Crippen LogP contribution in [0, 0.1) is 0 Å². The van der Waals surface area contributed by atoms with Crippen LogP contribution in [0.2, 0.25) is 0 Å². The number of hydrogen-bond donors (Lipinski definition) is 1. The van der Waals surface area contributed by atoms with Gasteiger partial charge in [0.25, 0.3) is 0 Å². The summed E-state index contributed by atoms with van der Waals surface area (Å²) in [6, 6.07) is 6.92. The van der Waals surface area contributed by atoms with Crippen molar-refractivity contribution in [2.24, 2.45) is 0 Å². The maximum absolute atomic E-state index is 12.8. The van der Waals surface area contributed by atoms with Gasteiger partial charge in [-0.2, -0.15) is 4.31 Å². The summed E-state index contributed by atoms with van der Waals surface area (Å²) < 4.78 is 32.4. The van der Waals surface area contributed by atoms with Crippen LogP contribution in [0.1, 0.15) is 25.8 Å². The van der Waals surface area contributed by atoms with Gasteiger partial charge in [-0.3, -0.25) is 0 Å². The highest BCUT2D eigenvalue weighted by molar-refractivity contribution is 7.89. The lowest BCUT2D eigenvalue weighted by molar-refractivity contribution is -0.00770. The molecule has 1 aliphatic heterocycles. The van der Waals surface area contributed by atoms with Gasteiger partial charge < -0.3 is 9.84 Å². The van der Waals surface area contributed by atoms with Crippen LogP contribution in [0.25, 0.3) is 0 Å². The summed E-state index contributed by atoms with van der Waals surface area (Å²) in [4.78, 5) is 0.310. The van der Waals surface area contributed by atoms with Crippen molar-refractivity contribution in [1.29, 1.82) is 0 Å². The topological polar surface area (TPSA) is 66.8 Å². The van der Waals surface area contributed by atoms with E-state index in [-0.39, 0.29) is 6.61 Å². The third kappa shape index (κ3) is 3.63. The number of ether oxygens (including phenoxy) is 1. The molecule has 1 aliphatic rings. The molecule has 0 amide bonds. The van der Waals surface area contributed by atoms with Crippen LogP contribution < -0.4 is 0 Å². The zero-order chi connectivity index (χ0) is 15.5. The zero-order valence-electron chi connectivity index (χ0n) is 12.6. The van der Waals surface area contributed by atoms with Crippen molar-refractivity contribution in [3.8, 4) is 0 Å². The smallest absolute Gasteiger partial charge is 0.243 e. The first-order chi connectivity index (χ1) is 9.88. The van der Waals surface area contributed by atoms with E-state index in [0.717, 1.165) is 12.0 Å². The van der Waals surface area contributed by atoms with Crippen LogP contribution in [0.5, 0.6) is 0 Å².